The number of nitrogens with zero attached hydrogens (tertiary/aromatic N) is 2. The summed E-state index contributed by atoms with van der Waals surface area (Å²) in [6.45, 7) is 2.09. The maximum atomic E-state index is 11.4. The Morgan fingerprint density at radius 1 is 1.29 bits per heavy atom. The second-order valence-electron chi connectivity index (χ2n) is 4.16. The number of nitrogens with one attached hydrogen (secondary N) is 1. The summed E-state index contributed by atoms with van der Waals surface area (Å²) in [7, 11) is 0. The molecule has 1 N–H and O–H groups in total. The van der Waals surface area contributed by atoms with E-state index < -0.39 is 27.1 Å². The van der Waals surface area contributed by atoms with Crippen molar-refractivity contribution in [2.24, 2.45) is 0 Å². The molecule has 114 valence electrons. The molecule has 9 heteroatoms. The fourth-order valence-corrected chi connectivity index (χ4v) is 1.48. The van der Waals surface area contributed by atoms with Gasteiger partial charge in [-0.2, -0.15) is 0 Å². The molecule has 9 nitrogen and oxygen atoms in total. The van der Waals surface area contributed by atoms with Gasteiger partial charge in [0.05, 0.1) is 15.9 Å². The summed E-state index contributed by atoms with van der Waals surface area (Å²) in [5.41, 5.74) is -0.966. The van der Waals surface area contributed by atoms with Gasteiger partial charge in [0, 0.05) is 12.6 Å². The molecule has 0 aliphatic carbocycles. The largest absolute Gasteiger partial charge is 0.477 e. The van der Waals surface area contributed by atoms with Crippen molar-refractivity contribution in [2.75, 3.05) is 13.2 Å². The normalized spacial score (nSPS) is 9.95. The summed E-state index contributed by atoms with van der Waals surface area (Å²) in [6.07, 6.45) is 1.75. The third-order valence-corrected chi connectivity index (χ3v) is 2.56. The van der Waals surface area contributed by atoms with Crippen molar-refractivity contribution in [1.82, 2.24) is 5.32 Å². The fraction of sp³-hybridized carbons (Fsp3) is 0.417. The summed E-state index contributed by atoms with van der Waals surface area (Å²) < 4.78 is 5.05. The average molecular weight is 297 g/mol. The van der Waals surface area contributed by atoms with Crippen molar-refractivity contribution in [3.05, 3.63) is 38.4 Å². The molecule has 1 aromatic rings. The van der Waals surface area contributed by atoms with Crippen LogP contribution in [0.5, 0.6) is 5.75 Å². The van der Waals surface area contributed by atoms with E-state index >= 15 is 0 Å². The van der Waals surface area contributed by atoms with E-state index in [0.717, 1.165) is 31.0 Å². The van der Waals surface area contributed by atoms with Crippen LogP contribution in [0.4, 0.5) is 11.4 Å². The molecule has 1 aromatic carbocycles. The van der Waals surface area contributed by atoms with Crippen molar-refractivity contribution in [3.63, 3.8) is 0 Å². The van der Waals surface area contributed by atoms with Gasteiger partial charge < -0.3 is 10.1 Å². The van der Waals surface area contributed by atoms with Gasteiger partial charge in [0.1, 0.15) is 0 Å². The van der Waals surface area contributed by atoms with Crippen LogP contribution in [-0.4, -0.2) is 28.9 Å². The first kappa shape index (κ1) is 16.3. The molecule has 0 atom stereocenters. The number of carbonyl (C=O) groups is 1. The van der Waals surface area contributed by atoms with Crippen LogP contribution in [0.25, 0.3) is 0 Å². The number of ether oxygens (including phenoxy) is 1. The molecule has 21 heavy (non-hydrogen) atoms. The molecule has 1 rings (SSSR count). The lowest BCUT2D eigenvalue weighted by Gasteiger charge is -2.07. The average Bonchev–Trinajstić information content (AvgIpc) is 2.45. The maximum Gasteiger partial charge on any atom is 0.317 e. The Bertz CT molecular complexity index is 546. The van der Waals surface area contributed by atoms with Crippen LogP contribution in [-0.2, 0) is 4.79 Å². The van der Waals surface area contributed by atoms with E-state index in [1.165, 1.54) is 0 Å². The van der Waals surface area contributed by atoms with Gasteiger partial charge in [-0.25, -0.2) is 0 Å². The van der Waals surface area contributed by atoms with Gasteiger partial charge in [-0.3, -0.25) is 25.0 Å². The first-order valence-corrected chi connectivity index (χ1v) is 6.28. The number of hydrogen-bond acceptors (Lipinski definition) is 6. The number of amides is 1. The molecule has 0 aromatic heterocycles. The van der Waals surface area contributed by atoms with Gasteiger partial charge in [-0.15, -0.1) is 0 Å². The third-order valence-electron chi connectivity index (χ3n) is 2.56. The Labute approximate surface area is 120 Å². The van der Waals surface area contributed by atoms with Crippen LogP contribution >= 0.6 is 0 Å². The minimum Gasteiger partial charge on any atom is -0.477 e. The van der Waals surface area contributed by atoms with Crippen molar-refractivity contribution >= 4 is 17.3 Å². The molecule has 0 aliphatic rings. The molecular weight excluding hydrogens is 282 g/mol. The molecule has 0 fully saturated rings. The number of benzene rings is 1. The monoisotopic (exact) mass is 297 g/mol. The zero-order chi connectivity index (χ0) is 15.8. The Hall–Kier alpha value is -2.71. The van der Waals surface area contributed by atoms with Gasteiger partial charge in [-0.05, 0) is 12.5 Å². The smallest absolute Gasteiger partial charge is 0.317 e. The summed E-state index contributed by atoms with van der Waals surface area (Å²) in [5, 5.41) is 24.0. The summed E-state index contributed by atoms with van der Waals surface area (Å²) in [4.78, 5) is 31.3. The van der Waals surface area contributed by atoms with Gasteiger partial charge >= 0.3 is 5.69 Å². The molecule has 0 bridgehead atoms. The highest BCUT2D eigenvalue weighted by Gasteiger charge is 2.21. The highest BCUT2D eigenvalue weighted by atomic mass is 16.6. The number of nitro benzene ring substituents is 2. The van der Waals surface area contributed by atoms with E-state index in [4.69, 9.17) is 4.74 Å². The first-order valence-electron chi connectivity index (χ1n) is 6.28. The lowest BCUT2D eigenvalue weighted by atomic mass is 10.2. The number of non-ortho nitro benzene ring substituents is 1. The summed E-state index contributed by atoms with van der Waals surface area (Å²) in [5.74, 6) is -0.590. The van der Waals surface area contributed by atoms with E-state index in [1.54, 1.807) is 0 Å². The quantitative estimate of drug-likeness (QED) is 0.443. The molecule has 0 radical (unpaired) electrons. The Morgan fingerprint density at radius 3 is 2.57 bits per heavy atom. The van der Waals surface area contributed by atoms with Crippen molar-refractivity contribution < 1.29 is 19.4 Å². The molecular formula is C12H15N3O6. The van der Waals surface area contributed by atoms with Gasteiger partial charge in [0.15, 0.2) is 12.4 Å². The Kier molecular flexibility index (Phi) is 6.05. The van der Waals surface area contributed by atoms with Crippen LogP contribution in [0.1, 0.15) is 19.8 Å². The van der Waals surface area contributed by atoms with E-state index in [2.05, 4.69) is 5.32 Å². The Balaban J connectivity index is 2.72. The second-order valence-corrected chi connectivity index (χ2v) is 4.16. The van der Waals surface area contributed by atoms with Gasteiger partial charge in [-0.1, -0.05) is 13.3 Å². The molecule has 1 amide bonds. The van der Waals surface area contributed by atoms with Gasteiger partial charge in [0.2, 0.25) is 0 Å². The van der Waals surface area contributed by atoms with E-state index in [0.29, 0.717) is 6.54 Å². The van der Waals surface area contributed by atoms with Crippen molar-refractivity contribution in [1.29, 1.82) is 0 Å². The molecule has 0 saturated heterocycles. The zero-order valence-corrected chi connectivity index (χ0v) is 11.4. The molecule has 0 saturated carbocycles. The summed E-state index contributed by atoms with van der Waals surface area (Å²) >= 11 is 0. The molecule has 0 aliphatic heterocycles. The number of nitro groups is 2. The molecule has 0 unspecified atom stereocenters. The predicted octanol–water partition coefficient (Wildman–Crippen LogP) is 1.80. The standard InChI is InChI=1S/C12H15N3O6/c1-2-3-6-13-12(16)8-21-11-5-4-9(14(17)18)7-10(11)15(19)20/h4-5,7H,2-3,6,8H2,1H3,(H,13,16). The van der Waals surface area contributed by atoms with Crippen molar-refractivity contribution in [2.45, 2.75) is 19.8 Å². The Morgan fingerprint density at radius 2 is 2.00 bits per heavy atom. The number of unbranched alkanes of at least 4 members (excludes halogenated alkanes) is 1. The topological polar surface area (TPSA) is 125 Å². The van der Waals surface area contributed by atoms with Crippen LogP contribution in [0.15, 0.2) is 18.2 Å². The number of carbonyl (C=O) groups excluding carboxylic acids is 1. The molecule has 0 spiro atoms. The first-order chi connectivity index (χ1) is 9.95. The minimum absolute atomic E-state index is 0.184. The van der Waals surface area contributed by atoms with E-state index in [-0.39, 0.29) is 12.4 Å². The van der Waals surface area contributed by atoms with Crippen LogP contribution < -0.4 is 10.1 Å². The lowest BCUT2D eigenvalue weighted by Crippen LogP contribution is -2.29. The zero-order valence-electron chi connectivity index (χ0n) is 11.4. The van der Waals surface area contributed by atoms with E-state index in [1.807, 2.05) is 6.92 Å². The van der Waals surface area contributed by atoms with Crippen LogP contribution in [0.3, 0.4) is 0 Å². The highest BCUT2D eigenvalue weighted by molar-refractivity contribution is 5.77. The molecule has 0 heterocycles. The number of hydrogen-bond donors (Lipinski definition) is 1. The van der Waals surface area contributed by atoms with Gasteiger partial charge in [0.25, 0.3) is 11.6 Å². The summed E-state index contributed by atoms with van der Waals surface area (Å²) in [6, 6.07) is 2.98. The predicted molar refractivity (Wildman–Crippen MR) is 73.2 cm³/mol. The van der Waals surface area contributed by atoms with Crippen LogP contribution in [0.2, 0.25) is 0 Å². The lowest BCUT2D eigenvalue weighted by molar-refractivity contribution is -0.394. The fourth-order valence-electron chi connectivity index (χ4n) is 1.48. The number of rotatable bonds is 8. The highest BCUT2D eigenvalue weighted by Crippen LogP contribution is 2.30. The van der Waals surface area contributed by atoms with Crippen LogP contribution in [0, 0.1) is 20.2 Å². The maximum absolute atomic E-state index is 11.4. The second kappa shape index (κ2) is 7.78. The van der Waals surface area contributed by atoms with E-state index in [9.17, 15) is 25.0 Å². The minimum atomic E-state index is -0.794. The SMILES string of the molecule is CCCCNC(=O)COc1ccc([N+](=O)[O-])cc1[N+](=O)[O-]. The third kappa shape index (κ3) is 5.05. The van der Waals surface area contributed by atoms with Crippen molar-refractivity contribution in [3.8, 4) is 5.75 Å².